The molecule has 2 aliphatic rings. The highest BCUT2D eigenvalue weighted by atomic mass is 16.4. The number of hydrogen-bond donors (Lipinski definition) is 2. The summed E-state index contributed by atoms with van der Waals surface area (Å²) in [6.45, 7) is 0. The molecule has 82 valence electrons. The molecule has 0 radical (unpaired) electrons. The topological polar surface area (TPSA) is 61.7 Å². The van der Waals surface area contributed by atoms with Gasteiger partial charge in [0.1, 0.15) is 6.04 Å². The van der Waals surface area contributed by atoms with Gasteiger partial charge in [-0.3, -0.25) is 15.1 Å². The van der Waals surface area contributed by atoms with Gasteiger partial charge in [0.2, 0.25) is 0 Å². The zero-order valence-corrected chi connectivity index (χ0v) is 8.68. The van der Waals surface area contributed by atoms with E-state index in [4.69, 9.17) is 5.11 Å². The highest BCUT2D eigenvalue weighted by Crippen LogP contribution is 2.41. The van der Waals surface area contributed by atoms with Gasteiger partial charge in [-0.25, -0.2) is 0 Å². The summed E-state index contributed by atoms with van der Waals surface area (Å²) in [6.07, 6.45) is 3.29. The van der Waals surface area contributed by atoms with Crippen molar-refractivity contribution in [3.63, 3.8) is 0 Å². The molecule has 1 spiro atoms. The summed E-state index contributed by atoms with van der Waals surface area (Å²) < 4.78 is 0. The number of para-hydroxylation sites is 1. The summed E-state index contributed by atoms with van der Waals surface area (Å²) >= 11 is 0. The summed E-state index contributed by atoms with van der Waals surface area (Å²) in [4.78, 5) is 15.3. The smallest absolute Gasteiger partial charge is 0.320 e. The number of aliphatic carboxylic acids is 1. The van der Waals surface area contributed by atoms with Crippen LogP contribution in [0.3, 0.4) is 0 Å². The van der Waals surface area contributed by atoms with Crippen LogP contribution in [0.4, 0.5) is 5.69 Å². The molecule has 0 bridgehead atoms. The van der Waals surface area contributed by atoms with Crippen molar-refractivity contribution in [1.82, 2.24) is 5.32 Å². The molecule has 0 saturated carbocycles. The molecule has 0 amide bonds. The third kappa shape index (κ3) is 1.20. The second kappa shape index (κ2) is 3.15. The van der Waals surface area contributed by atoms with Crippen molar-refractivity contribution >= 4 is 17.9 Å². The Kier molecular flexibility index (Phi) is 1.88. The van der Waals surface area contributed by atoms with Crippen molar-refractivity contribution < 1.29 is 9.90 Å². The number of carboxylic acid groups (broad SMARTS) is 1. The minimum Gasteiger partial charge on any atom is -0.480 e. The molecule has 1 unspecified atom stereocenters. The molecule has 16 heavy (non-hydrogen) atoms. The van der Waals surface area contributed by atoms with Crippen molar-refractivity contribution in [2.45, 2.75) is 24.4 Å². The number of benzene rings is 1. The monoisotopic (exact) mass is 216 g/mol. The lowest BCUT2D eigenvalue weighted by Crippen LogP contribution is -2.43. The SMILES string of the molecule is O=C(O)C1CC[C@@]2(C=Nc3ccccc32)N1. The third-order valence-electron chi connectivity index (χ3n) is 3.37. The first-order valence-electron chi connectivity index (χ1n) is 5.36. The van der Waals surface area contributed by atoms with Crippen LogP contribution in [0.5, 0.6) is 0 Å². The summed E-state index contributed by atoms with van der Waals surface area (Å²) in [5.74, 6) is -0.783. The standard InChI is InChI=1S/C12H12N2O2/c15-11(16)10-5-6-12(14-10)7-13-9-4-2-1-3-8(9)12/h1-4,7,10,14H,5-6H2,(H,15,16)/t10?,12-/m0/s1. The number of rotatable bonds is 1. The first-order valence-corrected chi connectivity index (χ1v) is 5.36. The molecule has 1 aromatic carbocycles. The molecule has 1 fully saturated rings. The van der Waals surface area contributed by atoms with Crippen LogP contribution in [0.25, 0.3) is 0 Å². The highest BCUT2D eigenvalue weighted by Gasteiger charge is 2.44. The molecule has 2 atom stereocenters. The maximum absolute atomic E-state index is 10.9. The lowest BCUT2D eigenvalue weighted by molar-refractivity contribution is -0.139. The fourth-order valence-electron chi connectivity index (χ4n) is 2.54. The van der Waals surface area contributed by atoms with Gasteiger partial charge in [0.25, 0.3) is 0 Å². The minimum absolute atomic E-state index is 0.348. The average molecular weight is 216 g/mol. The average Bonchev–Trinajstić information content (AvgIpc) is 2.87. The van der Waals surface area contributed by atoms with E-state index in [0.29, 0.717) is 6.42 Å². The first kappa shape index (κ1) is 9.54. The predicted octanol–water partition coefficient (Wildman–Crippen LogP) is 1.43. The van der Waals surface area contributed by atoms with Gasteiger partial charge in [-0.15, -0.1) is 0 Å². The number of hydrogen-bond acceptors (Lipinski definition) is 3. The number of carboxylic acids is 1. The van der Waals surface area contributed by atoms with Crippen molar-refractivity contribution in [3.8, 4) is 0 Å². The van der Waals surface area contributed by atoms with Crippen molar-refractivity contribution in [2.75, 3.05) is 0 Å². The molecule has 0 aliphatic carbocycles. The Morgan fingerprint density at radius 1 is 1.50 bits per heavy atom. The Balaban J connectivity index is 1.99. The van der Waals surface area contributed by atoms with Gasteiger partial charge in [-0.05, 0) is 18.9 Å². The normalized spacial score (nSPS) is 30.9. The van der Waals surface area contributed by atoms with Gasteiger partial charge >= 0.3 is 5.97 Å². The largest absolute Gasteiger partial charge is 0.480 e. The van der Waals surface area contributed by atoms with E-state index in [1.54, 1.807) is 0 Å². The van der Waals surface area contributed by atoms with Gasteiger partial charge in [0.05, 0.1) is 11.2 Å². The second-order valence-corrected chi connectivity index (χ2v) is 4.32. The number of aliphatic imine (C=N–C) groups is 1. The minimum atomic E-state index is -0.783. The van der Waals surface area contributed by atoms with Crippen LogP contribution in [-0.2, 0) is 10.3 Å². The zero-order chi connectivity index (χ0) is 11.2. The van der Waals surface area contributed by atoms with Crippen LogP contribution in [0.2, 0.25) is 0 Å². The van der Waals surface area contributed by atoms with Crippen LogP contribution in [-0.4, -0.2) is 23.3 Å². The van der Waals surface area contributed by atoms with E-state index in [9.17, 15) is 4.79 Å². The molecular weight excluding hydrogens is 204 g/mol. The van der Waals surface area contributed by atoms with E-state index in [-0.39, 0.29) is 5.54 Å². The van der Waals surface area contributed by atoms with Crippen molar-refractivity contribution in [2.24, 2.45) is 4.99 Å². The van der Waals surface area contributed by atoms with Gasteiger partial charge in [0.15, 0.2) is 0 Å². The molecule has 2 heterocycles. The van der Waals surface area contributed by atoms with E-state index in [1.165, 1.54) is 0 Å². The van der Waals surface area contributed by atoms with Gasteiger partial charge in [-0.1, -0.05) is 18.2 Å². The maximum Gasteiger partial charge on any atom is 0.320 e. The van der Waals surface area contributed by atoms with Crippen molar-refractivity contribution in [1.29, 1.82) is 0 Å². The highest BCUT2D eigenvalue weighted by molar-refractivity contribution is 5.87. The fraction of sp³-hybridized carbons (Fsp3) is 0.333. The molecule has 1 saturated heterocycles. The van der Waals surface area contributed by atoms with Crippen molar-refractivity contribution in [3.05, 3.63) is 29.8 Å². The predicted molar refractivity (Wildman–Crippen MR) is 60.1 cm³/mol. The van der Waals surface area contributed by atoms with E-state index in [2.05, 4.69) is 10.3 Å². The summed E-state index contributed by atoms with van der Waals surface area (Å²) in [6, 6.07) is 7.41. The van der Waals surface area contributed by atoms with E-state index < -0.39 is 12.0 Å². The Labute approximate surface area is 93.0 Å². The molecule has 4 nitrogen and oxygen atoms in total. The third-order valence-corrected chi connectivity index (χ3v) is 3.37. The van der Waals surface area contributed by atoms with E-state index in [0.717, 1.165) is 17.7 Å². The van der Waals surface area contributed by atoms with Gasteiger partial charge in [-0.2, -0.15) is 0 Å². The number of carbonyl (C=O) groups is 1. The molecule has 3 rings (SSSR count). The molecule has 1 aromatic rings. The quantitative estimate of drug-likeness (QED) is 0.746. The summed E-state index contributed by atoms with van der Waals surface area (Å²) in [7, 11) is 0. The van der Waals surface area contributed by atoms with E-state index in [1.807, 2.05) is 30.5 Å². The Bertz CT molecular complexity index is 484. The van der Waals surface area contributed by atoms with Crippen LogP contribution in [0.15, 0.2) is 29.3 Å². The van der Waals surface area contributed by atoms with E-state index >= 15 is 0 Å². The van der Waals surface area contributed by atoms with Gasteiger partial charge < -0.3 is 5.11 Å². The lowest BCUT2D eigenvalue weighted by Gasteiger charge is -2.22. The molecular formula is C12H12N2O2. The Morgan fingerprint density at radius 3 is 3.06 bits per heavy atom. The van der Waals surface area contributed by atoms with Crippen LogP contribution >= 0.6 is 0 Å². The maximum atomic E-state index is 10.9. The first-order chi connectivity index (χ1) is 7.71. The summed E-state index contributed by atoms with van der Waals surface area (Å²) in [5, 5.41) is 12.2. The Hall–Kier alpha value is -1.68. The summed E-state index contributed by atoms with van der Waals surface area (Å²) in [5.41, 5.74) is 1.69. The Morgan fingerprint density at radius 2 is 2.31 bits per heavy atom. The van der Waals surface area contributed by atoms with Crippen LogP contribution in [0, 0.1) is 0 Å². The number of fused-ring (bicyclic) bond motifs is 2. The van der Waals surface area contributed by atoms with Crippen LogP contribution in [0.1, 0.15) is 18.4 Å². The molecule has 2 N–H and O–H groups in total. The number of nitrogens with zero attached hydrogens (tertiary/aromatic N) is 1. The number of nitrogens with one attached hydrogen (secondary N) is 1. The molecule has 0 aromatic heterocycles. The lowest BCUT2D eigenvalue weighted by atomic mass is 9.91. The van der Waals surface area contributed by atoms with Gasteiger partial charge in [0, 0.05) is 11.8 Å². The molecule has 2 aliphatic heterocycles. The molecule has 4 heteroatoms. The zero-order valence-electron chi connectivity index (χ0n) is 8.68. The van der Waals surface area contributed by atoms with Crippen LogP contribution < -0.4 is 5.32 Å². The fourth-order valence-corrected chi connectivity index (χ4v) is 2.54. The second-order valence-electron chi connectivity index (χ2n) is 4.32.